The lowest BCUT2D eigenvalue weighted by molar-refractivity contribution is -0.137. The number of piperazine rings is 1. The van der Waals surface area contributed by atoms with Gasteiger partial charge in [-0.05, 0) is 30.3 Å². The maximum absolute atomic E-state index is 13.0. The number of hydrogen-bond acceptors (Lipinski definition) is 6. The number of sulfonamides is 1. The van der Waals surface area contributed by atoms with Crippen molar-refractivity contribution in [2.75, 3.05) is 35.8 Å². The van der Waals surface area contributed by atoms with Gasteiger partial charge in [0.05, 0.1) is 10.5 Å². The van der Waals surface area contributed by atoms with Crippen LogP contribution in [-0.4, -0.2) is 44.6 Å². The molecule has 30 heavy (non-hydrogen) atoms. The highest BCUT2D eigenvalue weighted by Crippen LogP contribution is 2.31. The molecule has 11 heteroatoms. The van der Waals surface area contributed by atoms with E-state index < -0.39 is 26.7 Å². The summed E-state index contributed by atoms with van der Waals surface area (Å²) in [7, 11) is -4.28. The third-order valence-electron chi connectivity index (χ3n) is 4.70. The van der Waals surface area contributed by atoms with Crippen molar-refractivity contribution in [2.45, 2.75) is 11.1 Å². The minimum absolute atomic E-state index is 0.0152. The fourth-order valence-electron chi connectivity index (χ4n) is 3.25. The number of aromatic nitrogens is 2. The van der Waals surface area contributed by atoms with Gasteiger partial charge >= 0.3 is 6.18 Å². The van der Waals surface area contributed by atoms with Crippen LogP contribution in [-0.2, 0) is 16.2 Å². The van der Waals surface area contributed by atoms with Crippen LogP contribution in [0.2, 0.25) is 0 Å². The van der Waals surface area contributed by atoms with E-state index in [0.717, 1.165) is 31.3 Å². The lowest BCUT2D eigenvalue weighted by Gasteiger charge is -2.29. The van der Waals surface area contributed by atoms with E-state index in [9.17, 15) is 21.6 Å². The summed E-state index contributed by atoms with van der Waals surface area (Å²) in [6.45, 7) is 2.83. The summed E-state index contributed by atoms with van der Waals surface area (Å²) < 4.78 is 66.7. The average Bonchev–Trinajstić information content (AvgIpc) is 2.73. The fourth-order valence-corrected chi connectivity index (χ4v) is 4.29. The molecule has 0 amide bonds. The van der Waals surface area contributed by atoms with Gasteiger partial charge in [0.2, 0.25) is 0 Å². The molecule has 7 nitrogen and oxygen atoms in total. The Hall–Kier alpha value is -2.92. The molecule has 4 rings (SSSR count). The first-order valence-corrected chi connectivity index (χ1v) is 10.6. The number of rotatable bonds is 4. The van der Waals surface area contributed by atoms with Gasteiger partial charge in [0, 0.05) is 37.8 Å². The maximum atomic E-state index is 13.0. The summed E-state index contributed by atoms with van der Waals surface area (Å²) in [4.78, 5) is 10.3. The van der Waals surface area contributed by atoms with E-state index in [-0.39, 0.29) is 5.82 Å². The predicted octanol–water partition coefficient (Wildman–Crippen LogP) is 2.86. The maximum Gasteiger partial charge on any atom is 0.416 e. The van der Waals surface area contributed by atoms with Crippen LogP contribution >= 0.6 is 0 Å². The van der Waals surface area contributed by atoms with Crippen LogP contribution in [0.1, 0.15) is 5.56 Å². The standard InChI is InChI=1S/C19H18F3N5O2S/c20-19(21,22)14-4-1-5-15(12-14)30(28,29)26-16-11-13-3-2-6-24-17(13)18(25-16)27-9-7-23-8-10-27/h1-6,11-12,23H,7-10H2,(H,25,26). The number of alkyl halides is 3. The molecule has 1 fully saturated rings. The van der Waals surface area contributed by atoms with E-state index in [4.69, 9.17) is 0 Å². The zero-order valence-electron chi connectivity index (χ0n) is 15.6. The van der Waals surface area contributed by atoms with Gasteiger partial charge in [-0.1, -0.05) is 12.1 Å². The molecule has 0 unspecified atom stereocenters. The third kappa shape index (κ3) is 4.17. The molecule has 158 valence electrons. The van der Waals surface area contributed by atoms with E-state index in [0.29, 0.717) is 35.9 Å². The SMILES string of the molecule is O=S(=O)(Nc1cc2cccnc2c(N2CCNCC2)n1)c1cccc(C(F)(F)F)c1. The first kappa shape index (κ1) is 20.4. The van der Waals surface area contributed by atoms with Gasteiger partial charge in [0.25, 0.3) is 10.0 Å². The Kier molecular flexibility index (Phi) is 5.24. The van der Waals surface area contributed by atoms with Crippen LogP contribution in [0, 0.1) is 0 Å². The highest BCUT2D eigenvalue weighted by Gasteiger charge is 2.32. The molecule has 3 aromatic rings. The summed E-state index contributed by atoms with van der Waals surface area (Å²) in [6, 6.07) is 8.59. The van der Waals surface area contributed by atoms with Crippen molar-refractivity contribution in [3.05, 3.63) is 54.2 Å². The number of benzene rings is 1. The molecule has 0 radical (unpaired) electrons. The molecule has 1 aromatic carbocycles. The minimum Gasteiger partial charge on any atom is -0.352 e. The van der Waals surface area contributed by atoms with Crippen molar-refractivity contribution in [3.63, 3.8) is 0 Å². The van der Waals surface area contributed by atoms with Gasteiger partial charge in [0.1, 0.15) is 11.3 Å². The Labute approximate surface area is 171 Å². The third-order valence-corrected chi connectivity index (χ3v) is 6.05. The highest BCUT2D eigenvalue weighted by atomic mass is 32.2. The molecule has 0 bridgehead atoms. The molecule has 2 aromatic heterocycles. The van der Waals surface area contributed by atoms with Crippen LogP contribution in [0.5, 0.6) is 0 Å². The topological polar surface area (TPSA) is 87.2 Å². The van der Waals surface area contributed by atoms with Crippen molar-refractivity contribution in [1.29, 1.82) is 0 Å². The second-order valence-electron chi connectivity index (χ2n) is 6.77. The van der Waals surface area contributed by atoms with Gasteiger partial charge in [-0.15, -0.1) is 0 Å². The van der Waals surface area contributed by atoms with Crippen molar-refractivity contribution in [2.24, 2.45) is 0 Å². The number of halogens is 3. The van der Waals surface area contributed by atoms with Gasteiger partial charge in [0.15, 0.2) is 5.82 Å². The largest absolute Gasteiger partial charge is 0.416 e. The number of anilines is 2. The van der Waals surface area contributed by atoms with Crippen molar-refractivity contribution in [1.82, 2.24) is 15.3 Å². The quantitative estimate of drug-likeness (QED) is 0.653. The van der Waals surface area contributed by atoms with E-state index in [1.165, 1.54) is 6.07 Å². The van der Waals surface area contributed by atoms with E-state index >= 15 is 0 Å². The molecule has 1 aliphatic heterocycles. The molecule has 2 N–H and O–H groups in total. The molecule has 0 spiro atoms. The van der Waals surface area contributed by atoms with E-state index in [2.05, 4.69) is 20.0 Å². The Morgan fingerprint density at radius 2 is 1.83 bits per heavy atom. The van der Waals surface area contributed by atoms with Gasteiger partial charge in [-0.3, -0.25) is 9.71 Å². The van der Waals surface area contributed by atoms with E-state index in [1.54, 1.807) is 18.3 Å². The van der Waals surface area contributed by atoms with Gasteiger partial charge in [-0.2, -0.15) is 13.2 Å². The summed E-state index contributed by atoms with van der Waals surface area (Å²) in [5, 5.41) is 3.90. The molecule has 0 saturated carbocycles. The average molecular weight is 437 g/mol. The first-order chi connectivity index (χ1) is 14.2. The fraction of sp³-hybridized carbons (Fsp3) is 0.263. The normalized spacial score (nSPS) is 15.4. The zero-order valence-corrected chi connectivity index (χ0v) is 16.5. The number of hydrogen-bond donors (Lipinski definition) is 2. The summed E-state index contributed by atoms with van der Waals surface area (Å²) in [6.07, 6.45) is -3.02. The Morgan fingerprint density at radius 3 is 2.57 bits per heavy atom. The molecule has 0 aliphatic carbocycles. The van der Waals surface area contributed by atoms with Gasteiger partial charge < -0.3 is 10.2 Å². The summed E-state index contributed by atoms with van der Waals surface area (Å²) in [5.41, 5.74) is -0.413. The number of nitrogens with one attached hydrogen (secondary N) is 2. The smallest absolute Gasteiger partial charge is 0.352 e. The van der Waals surface area contributed by atoms with Crippen molar-refractivity contribution in [3.8, 4) is 0 Å². The number of pyridine rings is 2. The lowest BCUT2D eigenvalue weighted by Crippen LogP contribution is -2.44. The molecular formula is C19H18F3N5O2S. The summed E-state index contributed by atoms with van der Waals surface area (Å²) in [5.74, 6) is 0.540. The van der Waals surface area contributed by atoms with Crippen molar-refractivity contribution >= 4 is 32.6 Å². The molecular weight excluding hydrogens is 419 g/mol. The minimum atomic E-state index is -4.64. The molecule has 1 aliphatic rings. The number of fused-ring (bicyclic) bond motifs is 1. The van der Waals surface area contributed by atoms with Crippen LogP contribution in [0.15, 0.2) is 53.6 Å². The zero-order chi connectivity index (χ0) is 21.4. The molecule has 1 saturated heterocycles. The molecule has 3 heterocycles. The van der Waals surface area contributed by atoms with Crippen LogP contribution in [0.4, 0.5) is 24.8 Å². The second-order valence-corrected chi connectivity index (χ2v) is 8.46. The van der Waals surface area contributed by atoms with Crippen LogP contribution < -0.4 is 14.9 Å². The Bertz CT molecular complexity index is 1180. The van der Waals surface area contributed by atoms with E-state index in [1.807, 2.05) is 4.90 Å². The number of nitrogens with zero attached hydrogens (tertiary/aromatic N) is 3. The summed E-state index contributed by atoms with van der Waals surface area (Å²) >= 11 is 0. The molecule has 0 atom stereocenters. The monoisotopic (exact) mass is 437 g/mol. The Balaban J connectivity index is 1.73. The highest BCUT2D eigenvalue weighted by molar-refractivity contribution is 7.92. The lowest BCUT2D eigenvalue weighted by atomic mass is 10.2. The van der Waals surface area contributed by atoms with Crippen LogP contribution in [0.3, 0.4) is 0 Å². The second kappa shape index (κ2) is 7.73. The van der Waals surface area contributed by atoms with Gasteiger partial charge in [-0.25, -0.2) is 13.4 Å². The Morgan fingerprint density at radius 1 is 1.07 bits per heavy atom. The first-order valence-electron chi connectivity index (χ1n) is 9.15. The van der Waals surface area contributed by atoms with Crippen LogP contribution in [0.25, 0.3) is 10.9 Å². The predicted molar refractivity (Wildman–Crippen MR) is 107 cm³/mol. The van der Waals surface area contributed by atoms with Crippen molar-refractivity contribution < 1.29 is 21.6 Å².